The summed E-state index contributed by atoms with van der Waals surface area (Å²) in [6.45, 7) is 9.13. The van der Waals surface area contributed by atoms with Crippen LogP contribution in [0.25, 0.3) is 0 Å². The minimum absolute atomic E-state index is 0.129. The molecular weight excluding hydrogens is 380 g/mol. The monoisotopic (exact) mass is 404 g/mol. The van der Waals surface area contributed by atoms with Crippen LogP contribution in [0.3, 0.4) is 0 Å². The van der Waals surface area contributed by atoms with Crippen molar-refractivity contribution in [3.05, 3.63) is 34.3 Å². The SMILES string of the molecule is Cc1nc(CN2CCN(C(=O)c3nc(N4CCCC4)ncc3Cl)CC2)oc1C. The molecule has 2 aromatic heterocycles. The van der Waals surface area contributed by atoms with Crippen molar-refractivity contribution < 1.29 is 9.21 Å². The molecule has 150 valence electrons. The Morgan fingerprint density at radius 1 is 1.11 bits per heavy atom. The van der Waals surface area contributed by atoms with Gasteiger partial charge in [-0.25, -0.2) is 15.0 Å². The van der Waals surface area contributed by atoms with E-state index >= 15 is 0 Å². The molecule has 2 aliphatic heterocycles. The number of carbonyl (C=O) groups is 1. The zero-order valence-corrected chi connectivity index (χ0v) is 17.1. The van der Waals surface area contributed by atoms with Crippen LogP contribution in [0.1, 0.15) is 40.7 Å². The fourth-order valence-electron chi connectivity index (χ4n) is 3.63. The van der Waals surface area contributed by atoms with Gasteiger partial charge in [-0.3, -0.25) is 9.69 Å². The predicted molar refractivity (Wildman–Crippen MR) is 106 cm³/mol. The van der Waals surface area contributed by atoms with Gasteiger partial charge in [0, 0.05) is 39.3 Å². The second-order valence-electron chi connectivity index (χ2n) is 7.38. The molecule has 0 aliphatic carbocycles. The number of hydrogen-bond acceptors (Lipinski definition) is 7. The third kappa shape index (κ3) is 3.98. The fourth-order valence-corrected chi connectivity index (χ4v) is 3.81. The van der Waals surface area contributed by atoms with Crippen LogP contribution in [-0.4, -0.2) is 69.9 Å². The highest BCUT2D eigenvalue weighted by Crippen LogP contribution is 2.22. The number of amides is 1. The Balaban J connectivity index is 1.39. The third-order valence-electron chi connectivity index (χ3n) is 5.41. The van der Waals surface area contributed by atoms with Gasteiger partial charge in [-0.05, 0) is 26.7 Å². The number of aromatic nitrogens is 3. The molecule has 0 saturated carbocycles. The Bertz CT molecular complexity index is 837. The van der Waals surface area contributed by atoms with E-state index in [-0.39, 0.29) is 5.91 Å². The number of hydrogen-bond donors (Lipinski definition) is 0. The number of nitrogens with zero attached hydrogens (tertiary/aromatic N) is 6. The minimum atomic E-state index is -0.129. The van der Waals surface area contributed by atoms with Crippen molar-refractivity contribution in [2.75, 3.05) is 44.2 Å². The van der Waals surface area contributed by atoms with Crippen LogP contribution in [0.4, 0.5) is 5.95 Å². The van der Waals surface area contributed by atoms with E-state index in [0.717, 1.165) is 56.4 Å². The highest BCUT2D eigenvalue weighted by Gasteiger charge is 2.27. The van der Waals surface area contributed by atoms with Crippen molar-refractivity contribution in [2.45, 2.75) is 33.2 Å². The molecule has 2 aromatic rings. The van der Waals surface area contributed by atoms with Gasteiger partial charge in [0.25, 0.3) is 5.91 Å². The Morgan fingerprint density at radius 3 is 2.46 bits per heavy atom. The van der Waals surface area contributed by atoms with Gasteiger partial charge in [0.05, 0.1) is 23.5 Å². The molecule has 9 heteroatoms. The van der Waals surface area contributed by atoms with Crippen LogP contribution in [0.15, 0.2) is 10.6 Å². The molecule has 0 unspecified atom stereocenters. The van der Waals surface area contributed by atoms with Crippen LogP contribution in [0.5, 0.6) is 0 Å². The standard InChI is InChI=1S/C19H25ClN6O2/c1-13-14(2)28-16(22-13)12-24-7-9-25(10-8-24)18(27)17-15(20)11-21-19(23-17)26-5-3-4-6-26/h11H,3-10,12H2,1-2H3. The molecule has 0 atom stereocenters. The van der Waals surface area contributed by atoms with Gasteiger partial charge in [-0.1, -0.05) is 11.6 Å². The maximum absolute atomic E-state index is 13.0. The maximum atomic E-state index is 13.0. The first-order valence-electron chi connectivity index (χ1n) is 9.73. The normalized spacial score (nSPS) is 18.1. The van der Waals surface area contributed by atoms with Crippen molar-refractivity contribution in [1.29, 1.82) is 0 Å². The first kappa shape index (κ1) is 19.1. The van der Waals surface area contributed by atoms with E-state index in [2.05, 4.69) is 24.8 Å². The van der Waals surface area contributed by atoms with E-state index in [4.69, 9.17) is 16.0 Å². The molecule has 0 radical (unpaired) electrons. The maximum Gasteiger partial charge on any atom is 0.274 e. The number of oxazole rings is 1. The van der Waals surface area contributed by atoms with E-state index in [9.17, 15) is 4.79 Å². The number of carbonyl (C=O) groups excluding carboxylic acids is 1. The molecular formula is C19H25ClN6O2. The van der Waals surface area contributed by atoms with Crippen LogP contribution < -0.4 is 4.90 Å². The largest absolute Gasteiger partial charge is 0.444 e. The summed E-state index contributed by atoms with van der Waals surface area (Å²) in [4.78, 5) is 32.4. The second-order valence-corrected chi connectivity index (χ2v) is 7.79. The van der Waals surface area contributed by atoms with Gasteiger partial charge in [0.1, 0.15) is 5.76 Å². The van der Waals surface area contributed by atoms with Crippen molar-refractivity contribution >= 4 is 23.5 Å². The fraction of sp³-hybridized carbons (Fsp3) is 0.579. The quantitative estimate of drug-likeness (QED) is 0.773. The molecule has 0 aromatic carbocycles. The summed E-state index contributed by atoms with van der Waals surface area (Å²) in [7, 11) is 0. The number of piperazine rings is 1. The molecule has 28 heavy (non-hydrogen) atoms. The Hall–Kier alpha value is -2.19. The summed E-state index contributed by atoms with van der Waals surface area (Å²) in [6.07, 6.45) is 3.79. The lowest BCUT2D eigenvalue weighted by molar-refractivity contribution is 0.0612. The molecule has 0 N–H and O–H groups in total. The lowest BCUT2D eigenvalue weighted by Crippen LogP contribution is -2.48. The average molecular weight is 405 g/mol. The van der Waals surface area contributed by atoms with Crippen molar-refractivity contribution in [1.82, 2.24) is 24.8 Å². The molecule has 4 heterocycles. The zero-order valence-electron chi connectivity index (χ0n) is 16.3. The number of rotatable bonds is 4. The topological polar surface area (TPSA) is 78.6 Å². The third-order valence-corrected chi connectivity index (χ3v) is 5.69. The van der Waals surface area contributed by atoms with Gasteiger partial charge in [0.2, 0.25) is 11.8 Å². The van der Waals surface area contributed by atoms with Crippen molar-refractivity contribution in [3.8, 4) is 0 Å². The highest BCUT2D eigenvalue weighted by molar-refractivity contribution is 6.33. The Labute approximate surface area is 169 Å². The van der Waals surface area contributed by atoms with Gasteiger partial charge in [-0.2, -0.15) is 0 Å². The van der Waals surface area contributed by atoms with E-state index in [1.54, 1.807) is 6.20 Å². The Kier molecular flexibility index (Phi) is 5.50. The first-order chi connectivity index (χ1) is 13.5. The number of halogens is 1. The van der Waals surface area contributed by atoms with Gasteiger partial charge >= 0.3 is 0 Å². The molecule has 2 saturated heterocycles. The molecule has 0 spiro atoms. The zero-order chi connectivity index (χ0) is 19.7. The van der Waals surface area contributed by atoms with E-state index in [0.29, 0.717) is 36.3 Å². The van der Waals surface area contributed by atoms with E-state index in [1.807, 2.05) is 18.7 Å². The highest BCUT2D eigenvalue weighted by atomic mass is 35.5. The molecule has 4 rings (SSSR count). The molecule has 2 fully saturated rings. The number of anilines is 1. The van der Waals surface area contributed by atoms with E-state index < -0.39 is 0 Å². The van der Waals surface area contributed by atoms with E-state index in [1.165, 1.54) is 0 Å². The van der Waals surface area contributed by atoms with Crippen LogP contribution in [-0.2, 0) is 6.54 Å². The molecule has 2 aliphatic rings. The molecule has 0 bridgehead atoms. The summed E-state index contributed by atoms with van der Waals surface area (Å²) >= 11 is 6.25. The summed E-state index contributed by atoms with van der Waals surface area (Å²) in [6, 6.07) is 0. The lowest BCUT2D eigenvalue weighted by atomic mass is 10.2. The minimum Gasteiger partial charge on any atom is -0.444 e. The lowest BCUT2D eigenvalue weighted by Gasteiger charge is -2.34. The number of aryl methyl sites for hydroxylation is 2. The average Bonchev–Trinajstić information content (AvgIpc) is 3.33. The molecule has 1 amide bonds. The molecule has 8 nitrogen and oxygen atoms in total. The van der Waals surface area contributed by atoms with Crippen LogP contribution in [0, 0.1) is 13.8 Å². The second kappa shape index (κ2) is 8.05. The van der Waals surface area contributed by atoms with Crippen molar-refractivity contribution in [3.63, 3.8) is 0 Å². The predicted octanol–water partition coefficient (Wildman–Crippen LogP) is 2.29. The van der Waals surface area contributed by atoms with Crippen molar-refractivity contribution in [2.24, 2.45) is 0 Å². The summed E-state index contributed by atoms with van der Waals surface area (Å²) in [5.41, 5.74) is 1.22. The smallest absolute Gasteiger partial charge is 0.274 e. The van der Waals surface area contributed by atoms with Crippen LogP contribution in [0.2, 0.25) is 5.02 Å². The summed E-state index contributed by atoms with van der Waals surface area (Å²) in [5, 5.41) is 0.307. The summed E-state index contributed by atoms with van der Waals surface area (Å²) < 4.78 is 5.67. The van der Waals surface area contributed by atoms with Gasteiger partial charge < -0.3 is 14.2 Å². The Morgan fingerprint density at radius 2 is 1.82 bits per heavy atom. The van der Waals surface area contributed by atoms with Crippen LogP contribution >= 0.6 is 11.6 Å². The first-order valence-corrected chi connectivity index (χ1v) is 10.1. The van der Waals surface area contributed by atoms with Gasteiger partial charge in [0.15, 0.2) is 5.69 Å². The van der Waals surface area contributed by atoms with Gasteiger partial charge in [-0.15, -0.1) is 0 Å². The summed E-state index contributed by atoms with van der Waals surface area (Å²) in [5.74, 6) is 2.05.